The summed E-state index contributed by atoms with van der Waals surface area (Å²) >= 11 is 0. The quantitative estimate of drug-likeness (QED) is 0.216. The predicted molar refractivity (Wildman–Crippen MR) is 164 cm³/mol. The molecule has 1 fully saturated rings. The normalized spacial score (nSPS) is 18.4. The van der Waals surface area contributed by atoms with Gasteiger partial charge in [-0.2, -0.15) is 0 Å². The molecule has 1 heterocycles. The number of hydrogen-bond acceptors (Lipinski definition) is 2. The van der Waals surface area contributed by atoms with Gasteiger partial charge in [0.2, 0.25) is 0 Å². The summed E-state index contributed by atoms with van der Waals surface area (Å²) in [7, 11) is -0.358. The lowest BCUT2D eigenvalue weighted by Crippen LogP contribution is -2.41. The van der Waals surface area contributed by atoms with E-state index >= 15 is 0 Å². The number of hydrogen-bond donors (Lipinski definition) is 0. The Hall–Kier alpha value is -3.92. The molecule has 0 radical (unpaired) electrons. The lowest BCUT2D eigenvalue weighted by molar-refractivity contribution is 0.00578. The number of fused-ring (bicyclic) bond motifs is 10. The molecule has 0 aromatic heterocycles. The van der Waals surface area contributed by atoms with E-state index < -0.39 is 0 Å². The van der Waals surface area contributed by atoms with E-state index in [-0.39, 0.29) is 23.7 Å². The molecule has 8 rings (SSSR count). The van der Waals surface area contributed by atoms with Gasteiger partial charge >= 0.3 is 7.12 Å². The van der Waals surface area contributed by atoms with Crippen LogP contribution in [0, 0.1) is 0 Å². The summed E-state index contributed by atoms with van der Waals surface area (Å²) in [5, 5.41) is 0. The van der Waals surface area contributed by atoms with Crippen LogP contribution >= 0.6 is 0 Å². The zero-order chi connectivity index (χ0) is 27.3. The monoisotopic (exact) mass is 518 g/mol. The number of rotatable bonds is 2. The van der Waals surface area contributed by atoms with E-state index in [1.54, 1.807) is 0 Å². The van der Waals surface area contributed by atoms with Crippen molar-refractivity contribution in [2.24, 2.45) is 0 Å². The molecule has 3 aliphatic rings. The Kier molecular flexibility index (Phi) is 4.83. The Morgan fingerprint density at radius 1 is 0.450 bits per heavy atom. The Labute approximate surface area is 236 Å². The van der Waals surface area contributed by atoms with Gasteiger partial charge < -0.3 is 9.31 Å². The molecule has 3 heteroatoms. The molecule has 2 nitrogen and oxygen atoms in total. The third-order valence-corrected chi connectivity index (χ3v) is 9.77. The van der Waals surface area contributed by atoms with Crippen LogP contribution in [-0.2, 0) is 14.7 Å². The summed E-state index contributed by atoms with van der Waals surface area (Å²) < 4.78 is 12.6. The van der Waals surface area contributed by atoms with Crippen molar-refractivity contribution in [2.45, 2.75) is 44.3 Å². The number of benzene rings is 5. The fraction of sp³-hybridized carbons (Fsp3) is 0.189. The van der Waals surface area contributed by atoms with Crippen molar-refractivity contribution in [2.75, 3.05) is 0 Å². The van der Waals surface area contributed by atoms with E-state index in [2.05, 4.69) is 143 Å². The van der Waals surface area contributed by atoms with E-state index in [0.29, 0.717) is 0 Å². The van der Waals surface area contributed by atoms with Crippen LogP contribution in [0.25, 0.3) is 33.4 Å². The van der Waals surface area contributed by atoms with Gasteiger partial charge in [0.1, 0.15) is 0 Å². The van der Waals surface area contributed by atoms with Gasteiger partial charge in [0.25, 0.3) is 0 Å². The zero-order valence-corrected chi connectivity index (χ0v) is 23.4. The van der Waals surface area contributed by atoms with Gasteiger partial charge in [-0.15, -0.1) is 0 Å². The second-order valence-corrected chi connectivity index (χ2v) is 12.4. The second-order valence-electron chi connectivity index (χ2n) is 12.4. The van der Waals surface area contributed by atoms with Crippen molar-refractivity contribution in [3.05, 3.63) is 138 Å². The molecule has 0 N–H and O–H groups in total. The lowest BCUT2D eigenvalue weighted by Gasteiger charge is -2.32. The highest BCUT2D eigenvalue weighted by Gasteiger charge is 2.52. The Bertz CT molecular complexity index is 1740. The molecule has 40 heavy (non-hydrogen) atoms. The van der Waals surface area contributed by atoms with E-state index in [1.807, 2.05) is 0 Å². The van der Waals surface area contributed by atoms with Crippen molar-refractivity contribution in [1.82, 2.24) is 0 Å². The van der Waals surface area contributed by atoms with Gasteiger partial charge in [0.05, 0.1) is 16.6 Å². The Balaban J connectivity index is 1.28. The molecule has 0 unspecified atom stereocenters. The van der Waals surface area contributed by atoms with Gasteiger partial charge in [-0.25, -0.2) is 0 Å². The van der Waals surface area contributed by atoms with Crippen LogP contribution in [0.5, 0.6) is 0 Å². The van der Waals surface area contributed by atoms with Crippen LogP contribution in [-0.4, -0.2) is 18.3 Å². The fourth-order valence-corrected chi connectivity index (χ4v) is 7.09. The van der Waals surface area contributed by atoms with Crippen molar-refractivity contribution < 1.29 is 9.31 Å². The minimum Gasteiger partial charge on any atom is -0.399 e. The molecule has 5 aromatic carbocycles. The summed E-state index contributed by atoms with van der Waals surface area (Å²) in [6.07, 6.45) is 0. The molecule has 5 aromatic rings. The van der Waals surface area contributed by atoms with Gasteiger partial charge in [-0.1, -0.05) is 109 Å². The highest BCUT2D eigenvalue weighted by atomic mass is 16.7. The summed E-state index contributed by atoms with van der Waals surface area (Å²) in [4.78, 5) is 0. The molecule has 2 aliphatic carbocycles. The Morgan fingerprint density at radius 2 is 0.875 bits per heavy atom. The van der Waals surface area contributed by atoms with Crippen LogP contribution in [0.15, 0.2) is 115 Å². The molecule has 0 bridgehead atoms. The average Bonchev–Trinajstić information content (AvgIpc) is 3.52. The average molecular weight is 518 g/mol. The van der Waals surface area contributed by atoms with Crippen molar-refractivity contribution in [3.8, 4) is 33.4 Å². The van der Waals surface area contributed by atoms with E-state index in [4.69, 9.17) is 9.31 Å². The molecule has 0 saturated carbocycles. The van der Waals surface area contributed by atoms with Gasteiger partial charge in [-0.3, -0.25) is 0 Å². The van der Waals surface area contributed by atoms with E-state index in [1.165, 1.54) is 55.6 Å². The molecule has 1 spiro atoms. The van der Waals surface area contributed by atoms with Crippen LogP contribution in [0.3, 0.4) is 0 Å². The highest BCUT2D eigenvalue weighted by Crippen LogP contribution is 2.62. The van der Waals surface area contributed by atoms with Crippen LogP contribution in [0.2, 0.25) is 0 Å². The van der Waals surface area contributed by atoms with Crippen molar-refractivity contribution in [3.63, 3.8) is 0 Å². The molecule has 194 valence electrons. The molecular formula is C37H31BO2. The summed E-state index contributed by atoms with van der Waals surface area (Å²) in [6, 6.07) is 42.6. The predicted octanol–water partition coefficient (Wildman–Crippen LogP) is 8.00. The smallest absolute Gasteiger partial charge is 0.399 e. The SMILES string of the molecule is CC1(C)OB(c2ccc(-c3ccc4c(c3)C3(c5ccccc5-c5ccccc53)c3ccccc3-4)cc2)OC1(C)C. The third kappa shape index (κ3) is 3.02. The standard InChI is InChI=1S/C37H31BO2/c1-35(2)36(3,4)40-38(39-35)26-20-17-24(18-21-26)25-19-22-30-29-13-7-10-16-33(29)37(34(30)23-25)31-14-8-5-11-27(31)28-12-6-9-15-32(28)37/h5-23H,1-4H3. The van der Waals surface area contributed by atoms with Crippen LogP contribution in [0.4, 0.5) is 0 Å². The molecule has 0 atom stereocenters. The largest absolute Gasteiger partial charge is 0.494 e. The van der Waals surface area contributed by atoms with Gasteiger partial charge in [0, 0.05) is 0 Å². The van der Waals surface area contributed by atoms with Crippen LogP contribution < -0.4 is 5.46 Å². The minimum absolute atomic E-state index is 0.322. The summed E-state index contributed by atoms with van der Waals surface area (Å²) in [6.45, 7) is 8.39. The van der Waals surface area contributed by atoms with Gasteiger partial charge in [-0.05, 0) is 94.9 Å². The molecule has 1 aliphatic heterocycles. The van der Waals surface area contributed by atoms with Crippen molar-refractivity contribution >= 4 is 12.6 Å². The Morgan fingerprint density at radius 3 is 1.38 bits per heavy atom. The first kappa shape index (κ1) is 23.9. The summed E-state index contributed by atoms with van der Waals surface area (Å²) in [5.41, 5.74) is 13.2. The molecule has 0 amide bonds. The lowest BCUT2D eigenvalue weighted by atomic mass is 9.70. The first-order valence-corrected chi connectivity index (χ1v) is 14.2. The maximum atomic E-state index is 6.30. The topological polar surface area (TPSA) is 18.5 Å². The van der Waals surface area contributed by atoms with E-state index in [9.17, 15) is 0 Å². The van der Waals surface area contributed by atoms with E-state index in [0.717, 1.165) is 5.46 Å². The summed E-state index contributed by atoms with van der Waals surface area (Å²) in [5.74, 6) is 0. The maximum absolute atomic E-state index is 6.30. The molecular weight excluding hydrogens is 487 g/mol. The third-order valence-electron chi connectivity index (χ3n) is 9.77. The highest BCUT2D eigenvalue weighted by molar-refractivity contribution is 6.62. The zero-order valence-electron chi connectivity index (χ0n) is 23.4. The van der Waals surface area contributed by atoms with Crippen molar-refractivity contribution in [1.29, 1.82) is 0 Å². The maximum Gasteiger partial charge on any atom is 0.494 e. The minimum atomic E-state index is -0.358. The molecule has 1 saturated heterocycles. The second kappa shape index (κ2) is 8.07. The van der Waals surface area contributed by atoms with Crippen LogP contribution in [0.1, 0.15) is 49.9 Å². The van der Waals surface area contributed by atoms with Gasteiger partial charge in [0.15, 0.2) is 0 Å². The fourth-order valence-electron chi connectivity index (χ4n) is 7.09. The first-order chi connectivity index (χ1) is 19.3. The first-order valence-electron chi connectivity index (χ1n) is 14.2.